The molecule has 1 fully saturated rings. The molecule has 1 amide bonds. The van der Waals surface area contributed by atoms with Crippen molar-refractivity contribution in [3.63, 3.8) is 0 Å². The SMILES string of the molecule is C=C1CCCC(=O)N1CCOC(C)C.CC. The van der Waals surface area contributed by atoms with Gasteiger partial charge in [-0.15, -0.1) is 0 Å². The fourth-order valence-electron chi connectivity index (χ4n) is 1.55. The molecule has 0 atom stereocenters. The summed E-state index contributed by atoms with van der Waals surface area (Å²) in [5, 5.41) is 0. The topological polar surface area (TPSA) is 29.5 Å². The van der Waals surface area contributed by atoms with Crippen molar-refractivity contribution >= 4 is 5.91 Å². The maximum absolute atomic E-state index is 11.5. The van der Waals surface area contributed by atoms with Crippen LogP contribution in [0.2, 0.25) is 0 Å². The normalized spacial score (nSPS) is 16.2. The van der Waals surface area contributed by atoms with Crippen molar-refractivity contribution in [3.05, 3.63) is 12.3 Å². The number of hydrogen-bond donors (Lipinski definition) is 0. The van der Waals surface area contributed by atoms with Crippen LogP contribution >= 0.6 is 0 Å². The monoisotopic (exact) mass is 227 g/mol. The van der Waals surface area contributed by atoms with E-state index in [1.807, 2.05) is 27.7 Å². The number of amides is 1. The second kappa shape index (κ2) is 8.34. The third-order valence-corrected chi connectivity index (χ3v) is 2.30. The largest absolute Gasteiger partial charge is 0.377 e. The molecule has 16 heavy (non-hydrogen) atoms. The summed E-state index contributed by atoms with van der Waals surface area (Å²) in [5.41, 5.74) is 0.939. The van der Waals surface area contributed by atoms with E-state index in [2.05, 4.69) is 6.58 Å². The lowest BCUT2D eigenvalue weighted by atomic mass is 10.1. The summed E-state index contributed by atoms with van der Waals surface area (Å²) in [5.74, 6) is 0.189. The molecule has 0 aromatic rings. The molecule has 0 aromatic heterocycles. The number of likely N-dealkylation sites (tertiary alicyclic amines) is 1. The van der Waals surface area contributed by atoms with Gasteiger partial charge in [-0.05, 0) is 26.7 Å². The number of carbonyl (C=O) groups is 1. The Bertz CT molecular complexity index is 208. The summed E-state index contributed by atoms with van der Waals surface area (Å²) in [7, 11) is 0. The first-order valence-corrected chi connectivity index (χ1v) is 6.21. The lowest BCUT2D eigenvalue weighted by molar-refractivity contribution is -0.131. The van der Waals surface area contributed by atoms with E-state index in [-0.39, 0.29) is 12.0 Å². The van der Waals surface area contributed by atoms with Crippen LogP contribution in [0.1, 0.15) is 47.0 Å². The molecule has 0 saturated carbocycles. The summed E-state index contributed by atoms with van der Waals surface area (Å²) < 4.78 is 5.41. The second-order valence-corrected chi connectivity index (χ2v) is 3.88. The Morgan fingerprint density at radius 3 is 2.50 bits per heavy atom. The number of allylic oxidation sites excluding steroid dienone is 1. The Labute approximate surface area is 99.5 Å². The summed E-state index contributed by atoms with van der Waals surface area (Å²) in [6, 6.07) is 0. The van der Waals surface area contributed by atoms with Gasteiger partial charge in [0.05, 0.1) is 12.7 Å². The van der Waals surface area contributed by atoms with Crippen LogP contribution in [0.5, 0.6) is 0 Å². The molecule has 0 N–H and O–H groups in total. The minimum atomic E-state index is 0.189. The fourth-order valence-corrected chi connectivity index (χ4v) is 1.55. The van der Waals surface area contributed by atoms with E-state index in [0.29, 0.717) is 19.6 Å². The van der Waals surface area contributed by atoms with E-state index in [0.717, 1.165) is 18.5 Å². The fraction of sp³-hybridized carbons (Fsp3) is 0.769. The van der Waals surface area contributed by atoms with Crippen molar-refractivity contribution in [1.29, 1.82) is 0 Å². The van der Waals surface area contributed by atoms with Crippen molar-refractivity contribution < 1.29 is 9.53 Å². The van der Waals surface area contributed by atoms with E-state index in [1.54, 1.807) is 4.90 Å². The van der Waals surface area contributed by atoms with Crippen molar-refractivity contribution in [2.75, 3.05) is 13.2 Å². The van der Waals surface area contributed by atoms with Gasteiger partial charge in [0.1, 0.15) is 0 Å². The molecule has 1 aliphatic heterocycles. The molecule has 94 valence electrons. The molecule has 0 unspecified atom stereocenters. The zero-order chi connectivity index (χ0) is 12.6. The third-order valence-electron chi connectivity index (χ3n) is 2.30. The van der Waals surface area contributed by atoms with Gasteiger partial charge in [-0.1, -0.05) is 20.4 Å². The quantitative estimate of drug-likeness (QED) is 0.739. The lowest BCUT2D eigenvalue weighted by Gasteiger charge is -2.29. The second-order valence-electron chi connectivity index (χ2n) is 3.88. The smallest absolute Gasteiger partial charge is 0.226 e. The van der Waals surface area contributed by atoms with Gasteiger partial charge in [0.2, 0.25) is 5.91 Å². The zero-order valence-corrected chi connectivity index (χ0v) is 11.1. The number of carbonyl (C=O) groups excluding carboxylic acids is 1. The van der Waals surface area contributed by atoms with Crippen LogP contribution in [0.3, 0.4) is 0 Å². The molecule has 1 rings (SSSR count). The van der Waals surface area contributed by atoms with Gasteiger partial charge in [0.15, 0.2) is 0 Å². The van der Waals surface area contributed by atoms with Gasteiger partial charge in [-0.3, -0.25) is 4.79 Å². The van der Waals surface area contributed by atoms with E-state index >= 15 is 0 Å². The molecular weight excluding hydrogens is 202 g/mol. The van der Waals surface area contributed by atoms with Crippen LogP contribution in [-0.4, -0.2) is 30.1 Å². The van der Waals surface area contributed by atoms with Gasteiger partial charge in [0.25, 0.3) is 0 Å². The number of rotatable bonds is 4. The van der Waals surface area contributed by atoms with Crippen LogP contribution in [0.25, 0.3) is 0 Å². The lowest BCUT2D eigenvalue weighted by Crippen LogP contribution is -2.36. The first-order valence-electron chi connectivity index (χ1n) is 6.21. The summed E-state index contributed by atoms with van der Waals surface area (Å²) in [6.45, 7) is 13.1. The molecule has 3 heteroatoms. The molecule has 1 saturated heterocycles. The molecule has 1 heterocycles. The van der Waals surface area contributed by atoms with Crippen molar-refractivity contribution in [1.82, 2.24) is 4.90 Å². The molecule has 3 nitrogen and oxygen atoms in total. The minimum absolute atomic E-state index is 0.189. The maximum atomic E-state index is 11.5. The van der Waals surface area contributed by atoms with Crippen molar-refractivity contribution in [3.8, 4) is 0 Å². The highest BCUT2D eigenvalue weighted by molar-refractivity contribution is 5.78. The van der Waals surface area contributed by atoms with E-state index in [9.17, 15) is 4.79 Å². The molecule has 1 aliphatic rings. The first kappa shape index (κ1) is 15.2. The Morgan fingerprint density at radius 2 is 2.00 bits per heavy atom. The highest BCUT2D eigenvalue weighted by Crippen LogP contribution is 2.19. The molecule has 0 radical (unpaired) electrons. The van der Waals surface area contributed by atoms with Gasteiger partial charge in [-0.25, -0.2) is 0 Å². The maximum Gasteiger partial charge on any atom is 0.226 e. The standard InChI is InChI=1S/C11H19NO2.C2H6/c1-9(2)14-8-7-12-10(3)5-4-6-11(12)13;1-2/h9H,3-8H2,1-2H3;1-2H3. The van der Waals surface area contributed by atoms with Gasteiger partial charge < -0.3 is 9.64 Å². The van der Waals surface area contributed by atoms with Gasteiger partial charge in [-0.2, -0.15) is 0 Å². The molecule has 0 spiro atoms. The molecule has 0 bridgehead atoms. The summed E-state index contributed by atoms with van der Waals surface area (Å²) in [6.07, 6.45) is 2.76. The number of piperidine rings is 1. The Hall–Kier alpha value is -0.830. The van der Waals surface area contributed by atoms with Crippen molar-refractivity contribution in [2.45, 2.75) is 53.1 Å². The highest BCUT2D eigenvalue weighted by Gasteiger charge is 2.20. The summed E-state index contributed by atoms with van der Waals surface area (Å²) in [4.78, 5) is 13.2. The van der Waals surface area contributed by atoms with Crippen LogP contribution in [0.4, 0.5) is 0 Å². The van der Waals surface area contributed by atoms with E-state index in [4.69, 9.17) is 4.74 Å². The minimum Gasteiger partial charge on any atom is -0.377 e. The van der Waals surface area contributed by atoms with Gasteiger partial charge in [0, 0.05) is 18.7 Å². The number of hydrogen-bond acceptors (Lipinski definition) is 2. The Balaban J connectivity index is 0.00000106. The number of ether oxygens (including phenoxy) is 1. The summed E-state index contributed by atoms with van der Waals surface area (Å²) >= 11 is 0. The van der Waals surface area contributed by atoms with Crippen molar-refractivity contribution in [2.24, 2.45) is 0 Å². The Morgan fingerprint density at radius 1 is 1.38 bits per heavy atom. The average Bonchev–Trinajstić information content (AvgIpc) is 2.25. The molecule has 0 aromatic carbocycles. The molecular formula is C13H25NO2. The zero-order valence-electron chi connectivity index (χ0n) is 11.1. The predicted molar refractivity (Wildman–Crippen MR) is 67.1 cm³/mol. The van der Waals surface area contributed by atoms with Crippen LogP contribution in [0, 0.1) is 0 Å². The third kappa shape index (κ3) is 5.31. The predicted octanol–water partition coefficient (Wildman–Crippen LogP) is 2.96. The first-order chi connectivity index (χ1) is 7.61. The number of nitrogens with zero attached hydrogens (tertiary/aromatic N) is 1. The van der Waals surface area contributed by atoms with E-state index in [1.165, 1.54) is 0 Å². The van der Waals surface area contributed by atoms with E-state index < -0.39 is 0 Å². The van der Waals surface area contributed by atoms with Crippen LogP contribution in [0.15, 0.2) is 12.3 Å². The van der Waals surface area contributed by atoms with Crippen LogP contribution < -0.4 is 0 Å². The van der Waals surface area contributed by atoms with Gasteiger partial charge >= 0.3 is 0 Å². The highest BCUT2D eigenvalue weighted by atomic mass is 16.5. The van der Waals surface area contributed by atoms with Crippen LogP contribution in [-0.2, 0) is 9.53 Å². The average molecular weight is 227 g/mol. The molecule has 0 aliphatic carbocycles. The Kier molecular flexibility index (Phi) is 7.90.